The Morgan fingerprint density at radius 1 is 1.10 bits per heavy atom. The molecule has 0 aromatic carbocycles. The summed E-state index contributed by atoms with van der Waals surface area (Å²) in [5.74, 6) is -0.576. The summed E-state index contributed by atoms with van der Waals surface area (Å²) in [6.07, 6.45) is 6.33. The lowest BCUT2D eigenvalue weighted by molar-refractivity contribution is -0.143. The molecule has 1 fully saturated rings. The van der Waals surface area contributed by atoms with Gasteiger partial charge in [-0.25, -0.2) is 4.79 Å². The first kappa shape index (κ1) is 16.2. The van der Waals surface area contributed by atoms with E-state index in [9.17, 15) is 20.1 Å². The average Bonchev–Trinajstić information content (AvgIpc) is 2.76. The Labute approximate surface area is 124 Å². The molecule has 21 heavy (non-hydrogen) atoms. The van der Waals surface area contributed by atoms with Gasteiger partial charge in [0, 0.05) is 12.5 Å². The van der Waals surface area contributed by atoms with E-state index in [-0.39, 0.29) is 17.9 Å². The smallest absolute Gasteiger partial charge is 0.330 e. The maximum Gasteiger partial charge on any atom is 0.330 e. The number of allylic oxidation sites excluding steroid dienone is 1. The van der Waals surface area contributed by atoms with E-state index >= 15 is 0 Å². The van der Waals surface area contributed by atoms with E-state index in [0.717, 1.165) is 0 Å². The van der Waals surface area contributed by atoms with Crippen LogP contribution in [0.4, 0.5) is 0 Å². The summed E-state index contributed by atoms with van der Waals surface area (Å²) < 4.78 is 5.14. The zero-order valence-corrected chi connectivity index (χ0v) is 12.3. The number of cyclic esters (lactones) is 1. The topological polar surface area (TPSA) is 87.0 Å². The molecule has 1 heterocycles. The number of aliphatic hydroxyl groups excluding tert-OH is 3. The average molecular weight is 296 g/mol. The lowest BCUT2D eigenvalue weighted by atomic mass is 9.89. The van der Waals surface area contributed by atoms with E-state index in [1.165, 1.54) is 12.2 Å². The van der Waals surface area contributed by atoms with Crippen molar-refractivity contribution in [3.05, 3.63) is 24.3 Å². The second kappa shape index (κ2) is 7.20. The van der Waals surface area contributed by atoms with Gasteiger partial charge in [0.1, 0.15) is 6.10 Å². The van der Waals surface area contributed by atoms with Crippen molar-refractivity contribution in [2.45, 2.75) is 57.0 Å². The molecule has 118 valence electrons. The van der Waals surface area contributed by atoms with Gasteiger partial charge in [-0.2, -0.15) is 0 Å². The molecular formula is C16H24O5. The third kappa shape index (κ3) is 4.66. The highest BCUT2D eigenvalue weighted by Gasteiger charge is 2.35. The number of fused-ring (bicyclic) bond motifs is 1. The number of carbonyl (C=O) groups is 1. The Hall–Kier alpha value is -1.17. The zero-order chi connectivity index (χ0) is 15.4. The van der Waals surface area contributed by atoms with Crippen LogP contribution in [0.5, 0.6) is 0 Å². The van der Waals surface area contributed by atoms with Gasteiger partial charge in [0.2, 0.25) is 0 Å². The van der Waals surface area contributed by atoms with Gasteiger partial charge in [-0.05, 0) is 44.1 Å². The molecule has 6 atom stereocenters. The van der Waals surface area contributed by atoms with Crippen molar-refractivity contribution in [2.24, 2.45) is 11.8 Å². The van der Waals surface area contributed by atoms with Gasteiger partial charge in [0.25, 0.3) is 0 Å². The second-order valence-electron chi connectivity index (χ2n) is 6.10. The van der Waals surface area contributed by atoms with Crippen LogP contribution < -0.4 is 0 Å². The number of aliphatic hydroxyl groups is 3. The normalized spacial score (nSPS) is 44.7. The van der Waals surface area contributed by atoms with E-state index in [4.69, 9.17) is 4.74 Å². The Morgan fingerprint density at radius 2 is 1.86 bits per heavy atom. The molecule has 1 aliphatic carbocycles. The summed E-state index contributed by atoms with van der Waals surface area (Å²) in [5, 5.41) is 29.9. The molecule has 1 saturated carbocycles. The fourth-order valence-corrected chi connectivity index (χ4v) is 3.18. The predicted octanol–water partition coefficient (Wildman–Crippen LogP) is 0.933. The molecule has 0 aromatic heterocycles. The minimum absolute atomic E-state index is 0.0565. The molecule has 0 spiro atoms. The molecule has 2 aliphatic rings. The van der Waals surface area contributed by atoms with Gasteiger partial charge in [0.05, 0.1) is 18.3 Å². The predicted molar refractivity (Wildman–Crippen MR) is 77.3 cm³/mol. The zero-order valence-electron chi connectivity index (χ0n) is 12.3. The summed E-state index contributed by atoms with van der Waals surface area (Å²) in [6, 6.07) is 0. The number of esters is 1. The molecule has 0 amide bonds. The van der Waals surface area contributed by atoms with E-state index in [2.05, 4.69) is 0 Å². The number of ether oxygens (including phenoxy) is 1. The first-order valence-electron chi connectivity index (χ1n) is 7.55. The molecule has 5 heteroatoms. The molecule has 0 saturated heterocycles. The molecule has 0 bridgehead atoms. The number of hydrogen-bond donors (Lipinski definition) is 3. The van der Waals surface area contributed by atoms with Gasteiger partial charge < -0.3 is 20.1 Å². The van der Waals surface area contributed by atoms with E-state index in [0.29, 0.717) is 25.7 Å². The van der Waals surface area contributed by atoms with Crippen LogP contribution in [0.25, 0.3) is 0 Å². The van der Waals surface area contributed by atoms with Crippen LogP contribution in [0, 0.1) is 11.8 Å². The highest BCUT2D eigenvalue weighted by molar-refractivity contribution is 5.82. The SMILES string of the molecule is C[C@H]1C[C@H](O)C/C=C/[C@@H]2C[C@H](O)C[C@@H]2[C@H](O)/C=C/C(=O)O1. The first-order chi connectivity index (χ1) is 9.95. The van der Waals surface area contributed by atoms with Crippen molar-refractivity contribution < 1.29 is 24.9 Å². The lowest BCUT2D eigenvalue weighted by Crippen LogP contribution is -2.22. The summed E-state index contributed by atoms with van der Waals surface area (Å²) in [6.45, 7) is 1.74. The van der Waals surface area contributed by atoms with Gasteiger partial charge in [0.15, 0.2) is 0 Å². The van der Waals surface area contributed by atoms with Crippen LogP contribution >= 0.6 is 0 Å². The van der Waals surface area contributed by atoms with Gasteiger partial charge in [-0.15, -0.1) is 0 Å². The molecular weight excluding hydrogens is 272 g/mol. The monoisotopic (exact) mass is 296 g/mol. The van der Waals surface area contributed by atoms with Crippen LogP contribution in [-0.2, 0) is 9.53 Å². The minimum Gasteiger partial charge on any atom is -0.459 e. The molecule has 1 aliphatic heterocycles. The number of carbonyl (C=O) groups excluding carboxylic acids is 1. The maximum absolute atomic E-state index is 11.6. The Balaban J connectivity index is 2.15. The Kier molecular flexibility index (Phi) is 5.56. The second-order valence-corrected chi connectivity index (χ2v) is 6.10. The fraction of sp³-hybridized carbons (Fsp3) is 0.688. The third-order valence-electron chi connectivity index (χ3n) is 4.22. The highest BCUT2D eigenvalue weighted by atomic mass is 16.5. The van der Waals surface area contributed by atoms with Crippen molar-refractivity contribution in [1.82, 2.24) is 0 Å². The molecule has 0 radical (unpaired) electrons. The maximum atomic E-state index is 11.6. The van der Waals surface area contributed by atoms with Gasteiger partial charge >= 0.3 is 5.97 Å². The molecule has 3 N–H and O–H groups in total. The van der Waals surface area contributed by atoms with Crippen LogP contribution in [0.15, 0.2) is 24.3 Å². The van der Waals surface area contributed by atoms with Crippen molar-refractivity contribution >= 4 is 5.97 Å². The fourth-order valence-electron chi connectivity index (χ4n) is 3.18. The molecule has 2 rings (SSSR count). The van der Waals surface area contributed by atoms with E-state index < -0.39 is 24.3 Å². The van der Waals surface area contributed by atoms with E-state index in [1.54, 1.807) is 6.92 Å². The third-order valence-corrected chi connectivity index (χ3v) is 4.22. The quantitative estimate of drug-likeness (QED) is 0.457. The lowest BCUT2D eigenvalue weighted by Gasteiger charge is -2.19. The van der Waals surface area contributed by atoms with Crippen molar-refractivity contribution in [3.63, 3.8) is 0 Å². The molecule has 0 unspecified atom stereocenters. The van der Waals surface area contributed by atoms with Crippen molar-refractivity contribution in [3.8, 4) is 0 Å². The van der Waals surface area contributed by atoms with Gasteiger partial charge in [-0.1, -0.05) is 12.2 Å². The van der Waals surface area contributed by atoms with Crippen LogP contribution in [0.1, 0.15) is 32.6 Å². The summed E-state index contributed by atoms with van der Waals surface area (Å²) in [7, 11) is 0. The standard InChI is InChI=1S/C16H24O5/c1-10-7-12(17)4-2-3-11-8-13(18)9-14(11)15(19)5-6-16(20)21-10/h2-3,5-6,10-15,17-19H,4,7-9H2,1H3/b3-2+,6-5+/t10-,11+,12+,13-,14-,15+/m0/s1. The number of rotatable bonds is 0. The highest BCUT2D eigenvalue weighted by Crippen LogP contribution is 2.36. The van der Waals surface area contributed by atoms with Gasteiger partial charge in [-0.3, -0.25) is 0 Å². The molecule has 5 nitrogen and oxygen atoms in total. The summed E-state index contributed by atoms with van der Waals surface area (Å²) >= 11 is 0. The summed E-state index contributed by atoms with van der Waals surface area (Å²) in [4.78, 5) is 11.6. The van der Waals surface area contributed by atoms with Crippen molar-refractivity contribution in [2.75, 3.05) is 0 Å². The first-order valence-corrected chi connectivity index (χ1v) is 7.55. The van der Waals surface area contributed by atoms with Crippen molar-refractivity contribution in [1.29, 1.82) is 0 Å². The van der Waals surface area contributed by atoms with E-state index in [1.807, 2.05) is 12.2 Å². The van der Waals surface area contributed by atoms with Crippen LogP contribution in [-0.4, -0.2) is 45.7 Å². The summed E-state index contributed by atoms with van der Waals surface area (Å²) in [5.41, 5.74) is 0. The molecule has 0 aromatic rings. The Bertz CT molecular complexity index is 417. The number of hydrogen-bond acceptors (Lipinski definition) is 5. The minimum atomic E-state index is -0.787. The van der Waals surface area contributed by atoms with Crippen LogP contribution in [0.2, 0.25) is 0 Å². The Morgan fingerprint density at radius 3 is 2.62 bits per heavy atom. The largest absolute Gasteiger partial charge is 0.459 e. The van der Waals surface area contributed by atoms with Crippen LogP contribution in [0.3, 0.4) is 0 Å².